The lowest BCUT2D eigenvalue weighted by Gasteiger charge is -2.33. The van der Waals surface area contributed by atoms with E-state index in [0.717, 1.165) is 9.87 Å². The van der Waals surface area contributed by atoms with E-state index in [1.54, 1.807) is 42.5 Å². The van der Waals surface area contributed by atoms with E-state index < -0.39 is 34.4 Å². The second-order valence-corrected chi connectivity index (χ2v) is 12.4. The van der Waals surface area contributed by atoms with Crippen molar-refractivity contribution in [1.82, 2.24) is 10.2 Å². The first kappa shape index (κ1) is 31.9. The third kappa shape index (κ3) is 8.07. The molecule has 0 unspecified atom stereocenters. The average Bonchev–Trinajstić information content (AvgIpc) is 3.02. The summed E-state index contributed by atoms with van der Waals surface area (Å²) in [6, 6.07) is 27.4. The number of carbonyl (C=O) groups excluding carboxylic acids is 2. The molecule has 0 aliphatic carbocycles. The molecule has 4 aromatic rings. The van der Waals surface area contributed by atoms with Crippen LogP contribution in [-0.2, 0) is 32.6 Å². The Kier molecular flexibility index (Phi) is 10.7. The summed E-state index contributed by atoms with van der Waals surface area (Å²) in [5.74, 6) is -0.497. The largest absolute Gasteiger partial charge is 0.497 e. The van der Waals surface area contributed by atoms with Crippen molar-refractivity contribution < 1.29 is 22.7 Å². The number of sulfonamides is 1. The van der Waals surface area contributed by atoms with Gasteiger partial charge in [0.2, 0.25) is 11.8 Å². The molecule has 0 radical (unpaired) electrons. The Balaban J connectivity index is 1.78. The molecule has 0 bridgehead atoms. The molecular formula is C32H31Cl2N3O5S. The zero-order valence-electron chi connectivity index (χ0n) is 23.6. The Morgan fingerprint density at radius 2 is 1.51 bits per heavy atom. The van der Waals surface area contributed by atoms with Gasteiger partial charge in [-0.25, -0.2) is 8.42 Å². The lowest BCUT2D eigenvalue weighted by molar-refractivity contribution is -0.139. The first-order chi connectivity index (χ1) is 20.6. The molecule has 0 aliphatic heterocycles. The first-order valence-corrected chi connectivity index (χ1v) is 15.5. The molecule has 11 heteroatoms. The number of methoxy groups -OCH3 is 1. The van der Waals surface area contributed by atoms with Gasteiger partial charge in [0, 0.05) is 30.1 Å². The molecule has 0 aromatic heterocycles. The predicted molar refractivity (Wildman–Crippen MR) is 169 cm³/mol. The number of halogens is 2. The van der Waals surface area contributed by atoms with Crippen LogP contribution in [0.1, 0.15) is 11.1 Å². The minimum atomic E-state index is -4.26. The fraction of sp³-hybridized carbons (Fsp3) is 0.188. The first-order valence-electron chi connectivity index (χ1n) is 13.3. The van der Waals surface area contributed by atoms with E-state index in [0.29, 0.717) is 21.4 Å². The fourth-order valence-corrected chi connectivity index (χ4v) is 6.26. The molecule has 0 aliphatic rings. The summed E-state index contributed by atoms with van der Waals surface area (Å²) in [6.45, 7) is -0.558. The van der Waals surface area contributed by atoms with Gasteiger partial charge in [0.1, 0.15) is 18.3 Å². The quantitative estimate of drug-likeness (QED) is 0.218. The molecule has 224 valence electrons. The molecule has 0 heterocycles. The third-order valence-corrected chi connectivity index (χ3v) is 9.08. The summed E-state index contributed by atoms with van der Waals surface area (Å²) in [5.41, 5.74) is 1.75. The van der Waals surface area contributed by atoms with Crippen LogP contribution < -0.4 is 14.4 Å². The Labute approximate surface area is 261 Å². The summed E-state index contributed by atoms with van der Waals surface area (Å²) in [7, 11) is -1.28. The van der Waals surface area contributed by atoms with Crippen LogP contribution in [0.25, 0.3) is 0 Å². The second-order valence-electron chi connectivity index (χ2n) is 9.63. The molecule has 2 amide bonds. The van der Waals surface area contributed by atoms with Gasteiger partial charge in [-0.1, -0.05) is 71.7 Å². The van der Waals surface area contributed by atoms with Gasteiger partial charge in [-0.05, 0) is 65.7 Å². The van der Waals surface area contributed by atoms with Crippen LogP contribution in [0.4, 0.5) is 5.69 Å². The van der Waals surface area contributed by atoms with Gasteiger partial charge < -0.3 is 15.0 Å². The molecule has 0 saturated heterocycles. The van der Waals surface area contributed by atoms with E-state index in [9.17, 15) is 18.0 Å². The number of ether oxygens (including phenoxy) is 1. The highest BCUT2D eigenvalue weighted by molar-refractivity contribution is 7.92. The maximum absolute atomic E-state index is 14.3. The minimum Gasteiger partial charge on any atom is -0.497 e. The van der Waals surface area contributed by atoms with Gasteiger partial charge in [-0.2, -0.15) is 0 Å². The number of carbonyl (C=O) groups is 2. The lowest BCUT2D eigenvalue weighted by Crippen LogP contribution is -2.53. The standard InChI is InChI=1S/C32H31Cl2N3O5S/c1-35-32(39)30(19-23-7-4-3-5-8-23)36(21-24-11-13-25(33)14-12-24)31(38)22-37(27-10-6-9-26(34)20-27)43(40,41)29-17-15-28(42-2)16-18-29/h3-18,20,30H,19,21-22H2,1-2H3,(H,35,39)/t30-/m0/s1. The normalized spacial score (nSPS) is 11.8. The molecule has 0 fully saturated rings. The molecule has 4 rings (SSSR count). The molecular weight excluding hydrogens is 609 g/mol. The van der Waals surface area contributed by atoms with Crippen molar-refractivity contribution in [2.24, 2.45) is 0 Å². The van der Waals surface area contributed by atoms with Crippen molar-refractivity contribution in [3.8, 4) is 5.75 Å². The van der Waals surface area contributed by atoms with Crippen molar-refractivity contribution >= 4 is 50.7 Å². The SMILES string of the molecule is CNC(=O)[C@H](Cc1ccccc1)N(Cc1ccc(Cl)cc1)C(=O)CN(c1cccc(Cl)c1)S(=O)(=O)c1ccc(OC)cc1. The van der Waals surface area contributed by atoms with Crippen LogP contribution in [0.15, 0.2) is 108 Å². The number of nitrogens with zero attached hydrogens (tertiary/aromatic N) is 2. The van der Waals surface area contributed by atoms with E-state index in [-0.39, 0.29) is 23.5 Å². The van der Waals surface area contributed by atoms with Crippen LogP contribution in [0.3, 0.4) is 0 Å². The number of likely N-dealkylation sites (N-methyl/N-ethyl adjacent to an activating group) is 1. The fourth-order valence-electron chi connectivity index (χ4n) is 4.54. The van der Waals surface area contributed by atoms with Crippen molar-refractivity contribution in [3.05, 3.63) is 124 Å². The van der Waals surface area contributed by atoms with Gasteiger partial charge in [0.05, 0.1) is 17.7 Å². The van der Waals surface area contributed by atoms with E-state index in [1.165, 1.54) is 49.4 Å². The summed E-state index contributed by atoms with van der Waals surface area (Å²) in [5, 5.41) is 3.48. The molecule has 43 heavy (non-hydrogen) atoms. The van der Waals surface area contributed by atoms with Crippen LogP contribution in [-0.4, -0.2) is 51.9 Å². The molecule has 0 saturated carbocycles. The zero-order chi connectivity index (χ0) is 31.0. The molecule has 8 nitrogen and oxygen atoms in total. The Morgan fingerprint density at radius 3 is 2.12 bits per heavy atom. The highest BCUT2D eigenvalue weighted by Gasteiger charge is 2.34. The summed E-state index contributed by atoms with van der Waals surface area (Å²) >= 11 is 12.3. The molecule has 4 aromatic carbocycles. The summed E-state index contributed by atoms with van der Waals surface area (Å²) in [4.78, 5) is 28.9. The van der Waals surface area contributed by atoms with Gasteiger partial charge >= 0.3 is 0 Å². The molecule has 1 atom stereocenters. The van der Waals surface area contributed by atoms with Crippen LogP contribution in [0.5, 0.6) is 5.75 Å². The number of hydrogen-bond donors (Lipinski definition) is 1. The van der Waals surface area contributed by atoms with E-state index in [2.05, 4.69) is 5.32 Å². The Morgan fingerprint density at radius 1 is 0.837 bits per heavy atom. The van der Waals surface area contributed by atoms with Crippen LogP contribution in [0.2, 0.25) is 10.0 Å². The van der Waals surface area contributed by atoms with Gasteiger partial charge in [-0.3, -0.25) is 13.9 Å². The number of anilines is 1. The van der Waals surface area contributed by atoms with Crippen molar-refractivity contribution in [2.45, 2.75) is 23.9 Å². The molecule has 0 spiro atoms. The van der Waals surface area contributed by atoms with Gasteiger partial charge in [-0.15, -0.1) is 0 Å². The van der Waals surface area contributed by atoms with Gasteiger partial charge in [0.25, 0.3) is 10.0 Å². The highest BCUT2D eigenvalue weighted by Crippen LogP contribution is 2.28. The van der Waals surface area contributed by atoms with Gasteiger partial charge in [0.15, 0.2) is 0 Å². The number of rotatable bonds is 12. The zero-order valence-corrected chi connectivity index (χ0v) is 25.9. The Bertz CT molecular complexity index is 1650. The maximum Gasteiger partial charge on any atom is 0.264 e. The van der Waals surface area contributed by atoms with Crippen LogP contribution in [0, 0.1) is 0 Å². The monoisotopic (exact) mass is 639 g/mol. The number of hydrogen-bond acceptors (Lipinski definition) is 5. The van der Waals surface area contributed by atoms with Crippen molar-refractivity contribution in [3.63, 3.8) is 0 Å². The number of benzene rings is 4. The molecule has 1 N–H and O–H groups in total. The third-order valence-electron chi connectivity index (χ3n) is 6.81. The number of amides is 2. The van der Waals surface area contributed by atoms with Crippen molar-refractivity contribution in [1.29, 1.82) is 0 Å². The maximum atomic E-state index is 14.3. The van der Waals surface area contributed by atoms with E-state index in [1.807, 2.05) is 30.3 Å². The Hall–Kier alpha value is -4.05. The topological polar surface area (TPSA) is 96.0 Å². The summed E-state index contributed by atoms with van der Waals surface area (Å²) in [6.07, 6.45) is 0.211. The smallest absolute Gasteiger partial charge is 0.264 e. The minimum absolute atomic E-state index is 0.0346. The van der Waals surface area contributed by atoms with Crippen molar-refractivity contribution in [2.75, 3.05) is 25.0 Å². The van der Waals surface area contributed by atoms with E-state index in [4.69, 9.17) is 27.9 Å². The van der Waals surface area contributed by atoms with Crippen LogP contribution >= 0.6 is 23.2 Å². The summed E-state index contributed by atoms with van der Waals surface area (Å²) < 4.78 is 34.2. The van der Waals surface area contributed by atoms with E-state index >= 15 is 0 Å². The average molecular weight is 641 g/mol. The lowest BCUT2D eigenvalue weighted by atomic mass is 10.0. The predicted octanol–water partition coefficient (Wildman–Crippen LogP) is 5.58. The number of nitrogens with one attached hydrogen (secondary N) is 1. The second kappa shape index (κ2) is 14.4. The highest BCUT2D eigenvalue weighted by atomic mass is 35.5.